The van der Waals surface area contributed by atoms with E-state index in [-0.39, 0.29) is 6.04 Å². The number of hydrogen-bond donors (Lipinski definition) is 1. The molecule has 3 rings (SSSR count). The normalized spacial score (nSPS) is 12.8. The van der Waals surface area contributed by atoms with Crippen LogP contribution in [0.3, 0.4) is 0 Å². The summed E-state index contributed by atoms with van der Waals surface area (Å²) in [5, 5.41) is 5.58. The first-order valence-corrected chi connectivity index (χ1v) is 6.82. The molecule has 0 bridgehead atoms. The van der Waals surface area contributed by atoms with E-state index in [9.17, 15) is 0 Å². The van der Waals surface area contributed by atoms with E-state index in [0.717, 1.165) is 34.3 Å². The summed E-state index contributed by atoms with van der Waals surface area (Å²) in [5.74, 6) is 0. The lowest BCUT2D eigenvalue weighted by Gasteiger charge is -2.14. The second-order valence-corrected chi connectivity index (χ2v) is 4.93. The number of aryl methyl sites for hydroxylation is 2. The monoisotopic (exact) mass is 266 g/mol. The fourth-order valence-electron chi connectivity index (χ4n) is 2.56. The van der Waals surface area contributed by atoms with Gasteiger partial charge in [-0.3, -0.25) is 9.67 Å². The van der Waals surface area contributed by atoms with E-state index >= 15 is 0 Å². The van der Waals surface area contributed by atoms with Crippen molar-refractivity contribution in [2.24, 2.45) is 12.8 Å². The molecule has 0 saturated carbocycles. The fourth-order valence-corrected chi connectivity index (χ4v) is 2.56. The van der Waals surface area contributed by atoms with Gasteiger partial charge in [0.2, 0.25) is 0 Å². The maximum atomic E-state index is 6.46. The maximum Gasteiger partial charge on any atom is 0.0729 e. The van der Waals surface area contributed by atoms with E-state index in [2.05, 4.69) is 35.2 Å². The average Bonchev–Trinajstić information content (AvgIpc) is 2.87. The van der Waals surface area contributed by atoms with Gasteiger partial charge in [0.05, 0.1) is 22.9 Å². The Bertz CT molecular complexity index is 740. The average molecular weight is 266 g/mol. The Morgan fingerprint density at radius 2 is 2.10 bits per heavy atom. The molecule has 0 radical (unpaired) electrons. The summed E-state index contributed by atoms with van der Waals surface area (Å²) in [6, 6.07) is 12.0. The van der Waals surface area contributed by atoms with Crippen LogP contribution >= 0.6 is 0 Å². The molecule has 1 atom stereocenters. The van der Waals surface area contributed by atoms with Crippen molar-refractivity contribution < 1.29 is 0 Å². The molecule has 0 aliphatic heterocycles. The van der Waals surface area contributed by atoms with Crippen LogP contribution in [0.1, 0.15) is 29.9 Å². The number of benzene rings is 1. The van der Waals surface area contributed by atoms with Gasteiger partial charge in [-0.1, -0.05) is 25.1 Å². The zero-order chi connectivity index (χ0) is 14.1. The Labute approximate surface area is 118 Å². The molecule has 102 valence electrons. The van der Waals surface area contributed by atoms with Gasteiger partial charge in [-0.2, -0.15) is 5.10 Å². The molecule has 2 N–H and O–H groups in total. The van der Waals surface area contributed by atoms with Crippen molar-refractivity contribution in [3.05, 3.63) is 59.5 Å². The van der Waals surface area contributed by atoms with Crippen LogP contribution in [0, 0.1) is 0 Å². The number of pyridine rings is 1. The molecule has 0 amide bonds. The number of fused-ring (bicyclic) bond motifs is 1. The summed E-state index contributed by atoms with van der Waals surface area (Å²) in [5.41, 5.74) is 10.6. The predicted molar refractivity (Wildman–Crippen MR) is 80.4 cm³/mol. The summed E-state index contributed by atoms with van der Waals surface area (Å²) < 4.78 is 1.87. The molecular formula is C16H18N4. The lowest BCUT2D eigenvalue weighted by Crippen LogP contribution is -2.16. The first kappa shape index (κ1) is 12.8. The smallest absolute Gasteiger partial charge is 0.0729 e. The summed E-state index contributed by atoms with van der Waals surface area (Å²) in [4.78, 5) is 4.38. The Balaban J connectivity index is 2.12. The van der Waals surface area contributed by atoms with Crippen LogP contribution in [-0.4, -0.2) is 14.8 Å². The van der Waals surface area contributed by atoms with E-state index in [0.29, 0.717) is 0 Å². The fraction of sp³-hybridized carbons (Fsp3) is 0.250. The Hall–Kier alpha value is -2.20. The third-order valence-corrected chi connectivity index (χ3v) is 3.66. The zero-order valence-electron chi connectivity index (χ0n) is 11.7. The maximum absolute atomic E-state index is 6.46. The van der Waals surface area contributed by atoms with E-state index < -0.39 is 0 Å². The van der Waals surface area contributed by atoms with Crippen molar-refractivity contribution in [3.8, 4) is 0 Å². The van der Waals surface area contributed by atoms with Crippen LogP contribution in [-0.2, 0) is 13.5 Å². The van der Waals surface area contributed by atoms with Crippen LogP contribution in [0.5, 0.6) is 0 Å². The minimum absolute atomic E-state index is 0.194. The topological polar surface area (TPSA) is 56.7 Å². The van der Waals surface area contributed by atoms with Crippen LogP contribution in [0.4, 0.5) is 0 Å². The Morgan fingerprint density at radius 3 is 2.85 bits per heavy atom. The zero-order valence-corrected chi connectivity index (χ0v) is 11.7. The molecule has 2 heterocycles. The number of nitrogens with two attached hydrogens (primary N) is 1. The molecule has 3 aromatic rings. The minimum atomic E-state index is -0.194. The van der Waals surface area contributed by atoms with Crippen molar-refractivity contribution in [3.63, 3.8) is 0 Å². The van der Waals surface area contributed by atoms with Crippen molar-refractivity contribution in [1.82, 2.24) is 14.8 Å². The Kier molecular flexibility index (Phi) is 3.24. The second kappa shape index (κ2) is 5.06. The summed E-state index contributed by atoms with van der Waals surface area (Å²) in [7, 11) is 1.94. The number of nitrogens with zero attached hydrogens (tertiary/aromatic N) is 3. The molecular weight excluding hydrogens is 248 g/mol. The van der Waals surface area contributed by atoms with Crippen LogP contribution in [0.15, 0.2) is 42.6 Å². The van der Waals surface area contributed by atoms with Gasteiger partial charge in [-0.05, 0) is 30.2 Å². The summed E-state index contributed by atoms with van der Waals surface area (Å²) in [6.45, 7) is 2.10. The number of aromatic nitrogens is 3. The van der Waals surface area contributed by atoms with Gasteiger partial charge in [0, 0.05) is 18.6 Å². The van der Waals surface area contributed by atoms with Gasteiger partial charge in [0.15, 0.2) is 0 Å². The highest BCUT2D eigenvalue weighted by atomic mass is 15.3. The minimum Gasteiger partial charge on any atom is -0.319 e. The van der Waals surface area contributed by atoms with Crippen LogP contribution in [0.25, 0.3) is 10.9 Å². The largest absolute Gasteiger partial charge is 0.319 e. The first-order chi connectivity index (χ1) is 9.70. The van der Waals surface area contributed by atoms with Crippen molar-refractivity contribution >= 4 is 10.9 Å². The standard InChI is InChI=1S/C16H18N4/c1-3-11-10-15(20(2)19-11)16(17)13-6-4-8-14-12(13)7-5-9-18-14/h4-10,16H,3,17H2,1-2H3. The highest BCUT2D eigenvalue weighted by Crippen LogP contribution is 2.26. The molecule has 0 aliphatic rings. The van der Waals surface area contributed by atoms with Gasteiger partial charge < -0.3 is 5.73 Å². The molecule has 1 unspecified atom stereocenters. The molecule has 1 aromatic carbocycles. The lowest BCUT2D eigenvalue weighted by molar-refractivity contribution is 0.667. The van der Waals surface area contributed by atoms with Crippen molar-refractivity contribution in [2.75, 3.05) is 0 Å². The van der Waals surface area contributed by atoms with Gasteiger partial charge in [0.1, 0.15) is 0 Å². The highest BCUT2D eigenvalue weighted by Gasteiger charge is 2.16. The SMILES string of the molecule is CCc1cc(C(N)c2cccc3ncccc23)n(C)n1. The molecule has 2 aromatic heterocycles. The molecule has 0 spiro atoms. The molecule has 0 saturated heterocycles. The third-order valence-electron chi connectivity index (χ3n) is 3.66. The number of hydrogen-bond acceptors (Lipinski definition) is 3. The molecule has 20 heavy (non-hydrogen) atoms. The van der Waals surface area contributed by atoms with Crippen LogP contribution < -0.4 is 5.73 Å². The molecule has 0 fully saturated rings. The molecule has 0 aliphatic carbocycles. The number of rotatable bonds is 3. The van der Waals surface area contributed by atoms with Gasteiger partial charge in [0.25, 0.3) is 0 Å². The summed E-state index contributed by atoms with van der Waals surface area (Å²) in [6.07, 6.45) is 2.72. The van der Waals surface area contributed by atoms with Crippen molar-refractivity contribution in [1.29, 1.82) is 0 Å². The van der Waals surface area contributed by atoms with E-state index in [1.807, 2.05) is 29.9 Å². The van der Waals surface area contributed by atoms with E-state index in [4.69, 9.17) is 5.73 Å². The third kappa shape index (κ3) is 2.08. The summed E-state index contributed by atoms with van der Waals surface area (Å²) >= 11 is 0. The lowest BCUT2D eigenvalue weighted by atomic mass is 9.99. The Morgan fingerprint density at radius 1 is 1.25 bits per heavy atom. The van der Waals surface area contributed by atoms with E-state index in [1.54, 1.807) is 6.20 Å². The predicted octanol–water partition coefficient (Wildman–Crippen LogP) is 2.58. The quantitative estimate of drug-likeness (QED) is 0.792. The van der Waals surface area contributed by atoms with Crippen molar-refractivity contribution in [2.45, 2.75) is 19.4 Å². The second-order valence-electron chi connectivity index (χ2n) is 4.93. The van der Waals surface area contributed by atoms with Gasteiger partial charge >= 0.3 is 0 Å². The molecule has 4 nitrogen and oxygen atoms in total. The van der Waals surface area contributed by atoms with Crippen LogP contribution in [0.2, 0.25) is 0 Å². The molecule has 4 heteroatoms. The van der Waals surface area contributed by atoms with E-state index in [1.165, 1.54) is 0 Å². The van der Waals surface area contributed by atoms with Gasteiger partial charge in [-0.25, -0.2) is 0 Å². The van der Waals surface area contributed by atoms with Gasteiger partial charge in [-0.15, -0.1) is 0 Å². The first-order valence-electron chi connectivity index (χ1n) is 6.82. The highest BCUT2D eigenvalue weighted by molar-refractivity contribution is 5.82.